The molecule has 0 radical (unpaired) electrons. The van der Waals surface area contributed by atoms with Crippen molar-refractivity contribution in [2.45, 2.75) is 70.4 Å². The summed E-state index contributed by atoms with van der Waals surface area (Å²) in [4.78, 5) is 0. The summed E-state index contributed by atoms with van der Waals surface area (Å²) in [5.41, 5.74) is 1.35. The van der Waals surface area contributed by atoms with Gasteiger partial charge < -0.3 is 10.1 Å². The van der Waals surface area contributed by atoms with Crippen molar-refractivity contribution in [1.29, 1.82) is 0 Å². The van der Waals surface area contributed by atoms with E-state index in [9.17, 15) is 0 Å². The van der Waals surface area contributed by atoms with Crippen molar-refractivity contribution in [3.63, 3.8) is 0 Å². The standard InChI is InChI=1S/C17H29N3O/c1-3-10-20-17(16(21-2)12-19-20)15-7-5-4-6-13(15)11-18-14-8-9-14/h12-15,18H,3-11H2,1-2H3. The van der Waals surface area contributed by atoms with Gasteiger partial charge in [0.25, 0.3) is 0 Å². The first-order valence-corrected chi connectivity index (χ1v) is 8.66. The summed E-state index contributed by atoms with van der Waals surface area (Å²) in [5, 5.41) is 8.30. The molecule has 21 heavy (non-hydrogen) atoms. The van der Waals surface area contributed by atoms with Crippen LogP contribution in [0.5, 0.6) is 5.75 Å². The minimum absolute atomic E-state index is 0.606. The average molecular weight is 291 g/mol. The summed E-state index contributed by atoms with van der Waals surface area (Å²) in [6.45, 7) is 4.37. The second kappa shape index (κ2) is 6.82. The maximum atomic E-state index is 5.61. The van der Waals surface area contributed by atoms with Crippen LogP contribution < -0.4 is 10.1 Å². The highest BCUT2D eigenvalue weighted by Gasteiger charge is 2.32. The fraction of sp³-hybridized carbons (Fsp3) is 0.824. The molecule has 118 valence electrons. The third kappa shape index (κ3) is 3.42. The van der Waals surface area contributed by atoms with Gasteiger partial charge in [-0.1, -0.05) is 19.8 Å². The maximum absolute atomic E-state index is 5.61. The van der Waals surface area contributed by atoms with Crippen molar-refractivity contribution >= 4 is 0 Å². The Balaban J connectivity index is 1.78. The zero-order valence-electron chi connectivity index (χ0n) is 13.5. The molecular formula is C17H29N3O. The van der Waals surface area contributed by atoms with Gasteiger partial charge in [-0.3, -0.25) is 4.68 Å². The SMILES string of the molecule is CCCn1ncc(OC)c1C1CCCCC1CNC1CC1. The zero-order valence-corrected chi connectivity index (χ0v) is 13.5. The Morgan fingerprint density at radius 3 is 2.81 bits per heavy atom. The van der Waals surface area contributed by atoms with E-state index >= 15 is 0 Å². The summed E-state index contributed by atoms with van der Waals surface area (Å²) < 4.78 is 7.80. The molecule has 2 aliphatic rings. The molecular weight excluding hydrogens is 262 g/mol. The lowest BCUT2D eigenvalue weighted by molar-refractivity contribution is 0.274. The Morgan fingerprint density at radius 1 is 1.29 bits per heavy atom. The van der Waals surface area contributed by atoms with Crippen molar-refractivity contribution in [1.82, 2.24) is 15.1 Å². The number of ether oxygens (including phenoxy) is 1. The van der Waals surface area contributed by atoms with E-state index in [2.05, 4.69) is 22.0 Å². The van der Waals surface area contributed by atoms with Crippen molar-refractivity contribution in [2.24, 2.45) is 5.92 Å². The number of aryl methyl sites for hydroxylation is 1. The van der Waals surface area contributed by atoms with Gasteiger partial charge in [0, 0.05) is 18.5 Å². The van der Waals surface area contributed by atoms with Crippen LogP contribution >= 0.6 is 0 Å². The molecule has 2 saturated carbocycles. The van der Waals surface area contributed by atoms with Gasteiger partial charge in [0.15, 0.2) is 5.75 Å². The quantitative estimate of drug-likeness (QED) is 0.837. The molecule has 2 aliphatic carbocycles. The predicted molar refractivity (Wildman–Crippen MR) is 84.8 cm³/mol. The lowest BCUT2D eigenvalue weighted by Crippen LogP contribution is -2.32. The van der Waals surface area contributed by atoms with E-state index < -0.39 is 0 Å². The van der Waals surface area contributed by atoms with E-state index in [1.807, 2.05) is 6.20 Å². The molecule has 2 unspecified atom stereocenters. The molecule has 0 aliphatic heterocycles. The fourth-order valence-corrected chi connectivity index (χ4v) is 3.72. The summed E-state index contributed by atoms with van der Waals surface area (Å²) in [6, 6.07) is 0.801. The molecule has 0 amide bonds. The number of hydrogen-bond donors (Lipinski definition) is 1. The minimum Gasteiger partial charge on any atom is -0.493 e. The number of aromatic nitrogens is 2. The molecule has 0 bridgehead atoms. The molecule has 1 heterocycles. The van der Waals surface area contributed by atoms with E-state index in [4.69, 9.17) is 4.74 Å². The molecule has 0 saturated heterocycles. The number of hydrogen-bond acceptors (Lipinski definition) is 3. The van der Waals surface area contributed by atoms with Crippen LogP contribution in [0.25, 0.3) is 0 Å². The third-order valence-electron chi connectivity index (χ3n) is 5.01. The number of rotatable bonds is 7. The monoisotopic (exact) mass is 291 g/mol. The fourth-order valence-electron chi connectivity index (χ4n) is 3.72. The van der Waals surface area contributed by atoms with Crippen LogP contribution in [0.2, 0.25) is 0 Å². The lowest BCUT2D eigenvalue weighted by Gasteiger charge is -2.32. The predicted octanol–water partition coefficient (Wildman–Crippen LogP) is 3.33. The second-order valence-corrected chi connectivity index (χ2v) is 6.65. The Bertz CT molecular complexity index is 453. The van der Waals surface area contributed by atoms with Gasteiger partial charge >= 0.3 is 0 Å². The van der Waals surface area contributed by atoms with Crippen molar-refractivity contribution in [3.8, 4) is 5.75 Å². The highest BCUT2D eigenvalue weighted by Crippen LogP contribution is 2.41. The Labute approximate surface area is 128 Å². The van der Waals surface area contributed by atoms with Crippen LogP contribution in [-0.4, -0.2) is 29.5 Å². The first-order chi connectivity index (χ1) is 10.3. The zero-order chi connectivity index (χ0) is 14.7. The largest absolute Gasteiger partial charge is 0.493 e. The number of nitrogens with zero attached hydrogens (tertiary/aromatic N) is 2. The van der Waals surface area contributed by atoms with Gasteiger partial charge in [-0.15, -0.1) is 0 Å². The molecule has 1 aromatic heterocycles. The van der Waals surface area contributed by atoms with Gasteiger partial charge in [-0.05, 0) is 44.6 Å². The normalized spacial score (nSPS) is 26.0. The summed E-state index contributed by atoms with van der Waals surface area (Å²) in [7, 11) is 1.77. The third-order valence-corrected chi connectivity index (χ3v) is 5.01. The highest BCUT2D eigenvalue weighted by atomic mass is 16.5. The highest BCUT2D eigenvalue weighted by molar-refractivity contribution is 5.30. The topological polar surface area (TPSA) is 39.1 Å². The van der Waals surface area contributed by atoms with Crippen LogP contribution in [-0.2, 0) is 6.54 Å². The average Bonchev–Trinajstić information content (AvgIpc) is 3.26. The molecule has 0 aromatic carbocycles. The van der Waals surface area contributed by atoms with Gasteiger partial charge in [0.2, 0.25) is 0 Å². The first-order valence-electron chi connectivity index (χ1n) is 8.66. The summed E-state index contributed by atoms with van der Waals surface area (Å²) in [6.07, 6.45) is 11.1. The van der Waals surface area contributed by atoms with E-state index in [1.54, 1.807) is 7.11 Å². The van der Waals surface area contributed by atoms with Gasteiger partial charge in [0.1, 0.15) is 0 Å². The molecule has 2 atom stereocenters. The van der Waals surface area contributed by atoms with E-state index in [0.717, 1.165) is 37.2 Å². The lowest BCUT2D eigenvalue weighted by atomic mass is 9.77. The maximum Gasteiger partial charge on any atom is 0.160 e. The van der Waals surface area contributed by atoms with Gasteiger partial charge in [0.05, 0.1) is 19.0 Å². The van der Waals surface area contributed by atoms with E-state index in [-0.39, 0.29) is 0 Å². The smallest absolute Gasteiger partial charge is 0.160 e. The minimum atomic E-state index is 0.606. The Morgan fingerprint density at radius 2 is 2.10 bits per heavy atom. The van der Waals surface area contributed by atoms with Gasteiger partial charge in [-0.2, -0.15) is 5.10 Å². The number of methoxy groups -OCH3 is 1. The van der Waals surface area contributed by atoms with Crippen molar-refractivity contribution in [2.75, 3.05) is 13.7 Å². The summed E-state index contributed by atoms with van der Waals surface area (Å²) >= 11 is 0. The molecule has 4 heteroatoms. The summed E-state index contributed by atoms with van der Waals surface area (Å²) in [5.74, 6) is 2.33. The molecule has 4 nitrogen and oxygen atoms in total. The molecule has 2 fully saturated rings. The van der Waals surface area contributed by atoms with Crippen LogP contribution in [0.3, 0.4) is 0 Å². The van der Waals surface area contributed by atoms with Crippen molar-refractivity contribution < 1.29 is 4.74 Å². The first kappa shape index (κ1) is 14.9. The Kier molecular flexibility index (Phi) is 4.84. The van der Waals surface area contributed by atoms with Crippen LogP contribution in [0, 0.1) is 5.92 Å². The molecule has 1 N–H and O–H groups in total. The second-order valence-electron chi connectivity index (χ2n) is 6.65. The van der Waals surface area contributed by atoms with Crippen molar-refractivity contribution in [3.05, 3.63) is 11.9 Å². The van der Waals surface area contributed by atoms with Crippen LogP contribution in [0.1, 0.15) is 63.5 Å². The molecule has 3 rings (SSSR count). The number of nitrogens with one attached hydrogen (secondary N) is 1. The van der Waals surface area contributed by atoms with E-state index in [0.29, 0.717) is 5.92 Å². The van der Waals surface area contributed by atoms with Crippen LogP contribution in [0.15, 0.2) is 6.20 Å². The van der Waals surface area contributed by atoms with Gasteiger partial charge in [-0.25, -0.2) is 0 Å². The van der Waals surface area contributed by atoms with E-state index in [1.165, 1.54) is 44.2 Å². The molecule has 0 spiro atoms. The van der Waals surface area contributed by atoms with Crippen LogP contribution in [0.4, 0.5) is 0 Å². The Hall–Kier alpha value is -1.03. The molecule has 1 aromatic rings.